The zero-order valence-electron chi connectivity index (χ0n) is 21.4. The van der Waals surface area contributed by atoms with Gasteiger partial charge in [-0.2, -0.15) is 0 Å². The summed E-state index contributed by atoms with van der Waals surface area (Å²) in [6, 6.07) is 8.09. The summed E-state index contributed by atoms with van der Waals surface area (Å²) in [5, 5.41) is 16.3. The van der Waals surface area contributed by atoms with Crippen LogP contribution in [0.2, 0.25) is 0 Å². The molecule has 0 aromatic heterocycles. The molecule has 0 aliphatic carbocycles. The van der Waals surface area contributed by atoms with E-state index in [0.29, 0.717) is 19.4 Å². The van der Waals surface area contributed by atoms with Crippen molar-refractivity contribution in [2.45, 2.75) is 89.8 Å². The first-order chi connectivity index (χ1) is 16.6. The predicted molar refractivity (Wildman–Crippen MR) is 131 cm³/mol. The van der Waals surface area contributed by atoms with Gasteiger partial charge in [0.15, 0.2) is 0 Å². The Labute approximate surface area is 207 Å². The molecule has 3 aliphatic heterocycles. The van der Waals surface area contributed by atoms with Gasteiger partial charge in [0, 0.05) is 12.6 Å². The average Bonchev–Trinajstić information content (AvgIpc) is 3.39. The highest BCUT2D eigenvalue weighted by Gasteiger charge is 2.78. The van der Waals surface area contributed by atoms with Crippen LogP contribution in [0.5, 0.6) is 0 Å². The van der Waals surface area contributed by atoms with Gasteiger partial charge >= 0.3 is 0 Å². The molecule has 3 aliphatic rings. The van der Waals surface area contributed by atoms with E-state index in [9.17, 15) is 19.5 Å². The van der Waals surface area contributed by atoms with Crippen LogP contribution in [0.4, 0.5) is 0 Å². The topological polar surface area (TPSA) is 108 Å². The van der Waals surface area contributed by atoms with Gasteiger partial charge in [0.05, 0.1) is 30.1 Å². The number of ether oxygens (including phenoxy) is 1. The SMILES string of the molecule is CC[C@H](C)[C@H](CO)N1C(=O)[C@@H]2[C@@H](C(=O)NCc3ccccc3)[C@@]3(C)CCC2(O3)C1C(=O)NC(C)C. The molecule has 1 aromatic carbocycles. The number of aliphatic hydroxyl groups is 1. The fourth-order valence-electron chi connectivity index (χ4n) is 6.49. The lowest BCUT2D eigenvalue weighted by atomic mass is 9.66. The number of nitrogens with one attached hydrogen (secondary N) is 2. The second-order valence-corrected chi connectivity index (χ2v) is 11.0. The molecule has 3 fully saturated rings. The van der Waals surface area contributed by atoms with E-state index < -0.39 is 35.1 Å². The second-order valence-electron chi connectivity index (χ2n) is 11.0. The van der Waals surface area contributed by atoms with Gasteiger partial charge in [-0.25, -0.2) is 0 Å². The molecule has 3 heterocycles. The number of nitrogens with zero attached hydrogens (tertiary/aromatic N) is 1. The van der Waals surface area contributed by atoms with Crippen molar-refractivity contribution in [1.82, 2.24) is 15.5 Å². The van der Waals surface area contributed by atoms with Crippen molar-refractivity contribution in [2.75, 3.05) is 6.61 Å². The molecule has 2 unspecified atom stereocenters. The Morgan fingerprint density at radius 3 is 2.46 bits per heavy atom. The van der Waals surface area contributed by atoms with Crippen LogP contribution < -0.4 is 10.6 Å². The molecule has 1 aromatic rings. The van der Waals surface area contributed by atoms with E-state index in [1.807, 2.05) is 65.0 Å². The van der Waals surface area contributed by atoms with Gasteiger partial charge in [0.2, 0.25) is 17.7 Å². The summed E-state index contributed by atoms with van der Waals surface area (Å²) < 4.78 is 6.62. The number of carbonyl (C=O) groups is 3. The molecule has 192 valence electrons. The molecule has 0 saturated carbocycles. The minimum Gasteiger partial charge on any atom is -0.394 e. The molecule has 2 bridgehead atoms. The molecule has 1 spiro atoms. The van der Waals surface area contributed by atoms with Crippen molar-refractivity contribution < 1.29 is 24.2 Å². The third-order valence-electron chi connectivity index (χ3n) is 8.33. The number of amides is 3. The number of hydrogen-bond acceptors (Lipinski definition) is 5. The lowest BCUT2D eigenvalue weighted by Gasteiger charge is -2.39. The number of rotatable bonds is 9. The maximum Gasteiger partial charge on any atom is 0.246 e. The number of aliphatic hydroxyl groups excluding tert-OH is 1. The molecule has 8 heteroatoms. The molecular weight excluding hydrogens is 446 g/mol. The van der Waals surface area contributed by atoms with E-state index in [1.54, 1.807) is 4.90 Å². The Kier molecular flexibility index (Phi) is 6.99. The summed E-state index contributed by atoms with van der Waals surface area (Å²) in [7, 11) is 0. The maximum atomic E-state index is 14.1. The quantitative estimate of drug-likeness (QED) is 0.496. The van der Waals surface area contributed by atoms with Crippen molar-refractivity contribution in [1.29, 1.82) is 0 Å². The Morgan fingerprint density at radius 2 is 1.86 bits per heavy atom. The first-order valence-corrected chi connectivity index (χ1v) is 12.8. The van der Waals surface area contributed by atoms with E-state index in [-0.39, 0.29) is 36.3 Å². The smallest absolute Gasteiger partial charge is 0.246 e. The van der Waals surface area contributed by atoms with E-state index in [2.05, 4.69) is 10.6 Å². The van der Waals surface area contributed by atoms with Crippen molar-refractivity contribution in [3.63, 3.8) is 0 Å². The van der Waals surface area contributed by atoms with Gasteiger partial charge in [0.25, 0.3) is 0 Å². The van der Waals surface area contributed by atoms with Crippen LogP contribution in [0.3, 0.4) is 0 Å². The third kappa shape index (κ3) is 4.14. The van der Waals surface area contributed by atoms with Crippen LogP contribution in [0.25, 0.3) is 0 Å². The van der Waals surface area contributed by atoms with Gasteiger partial charge in [-0.15, -0.1) is 0 Å². The number of benzene rings is 1. The summed E-state index contributed by atoms with van der Waals surface area (Å²) in [5.74, 6) is -2.28. The molecule has 3 saturated heterocycles. The van der Waals surface area contributed by atoms with Crippen LogP contribution >= 0.6 is 0 Å². The van der Waals surface area contributed by atoms with Gasteiger partial charge in [-0.1, -0.05) is 50.6 Å². The average molecular weight is 486 g/mol. The lowest BCUT2D eigenvalue weighted by molar-refractivity contribution is -0.151. The van der Waals surface area contributed by atoms with Gasteiger partial charge in [-0.3, -0.25) is 14.4 Å². The normalized spacial score (nSPS) is 33.1. The molecule has 0 radical (unpaired) electrons. The molecule has 7 atom stereocenters. The molecule has 3 N–H and O–H groups in total. The third-order valence-corrected chi connectivity index (χ3v) is 8.33. The summed E-state index contributed by atoms with van der Waals surface area (Å²) in [6.07, 6.45) is 1.85. The predicted octanol–water partition coefficient (Wildman–Crippen LogP) is 2.00. The first-order valence-electron chi connectivity index (χ1n) is 12.8. The van der Waals surface area contributed by atoms with Crippen LogP contribution in [0.1, 0.15) is 59.4 Å². The molecule has 3 amide bonds. The summed E-state index contributed by atoms with van der Waals surface area (Å²) in [6.45, 7) is 9.71. The summed E-state index contributed by atoms with van der Waals surface area (Å²) in [4.78, 5) is 42.8. The Bertz CT molecular complexity index is 969. The van der Waals surface area contributed by atoms with Crippen molar-refractivity contribution in [2.24, 2.45) is 17.8 Å². The fraction of sp³-hybridized carbons (Fsp3) is 0.667. The molecule has 4 rings (SSSR count). The molecule has 8 nitrogen and oxygen atoms in total. The number of hydrogen-bond donors (Lipinski definition) is 3. The van der Waals surface area contributed by atoms with Gasteiger partial charge in [0.1, 0.15) is 11.6 Å². The van der Waals surface area contributed by atoms with Gasteiger partial charge in [-0.05, 0) is 45.1 Å². The highest BCUT2D eigenvalue weighted by atomic mass is 16.5. The zero-order valence-corrected chi connectivity index (χ0v) is 21.4. The number of likely N-dealkylation sites (tertiary alicyclic amines) is 1. The summed E-state index contributed by atoms with van der Waals surface area (Å²) >= 11 is 0. The largest absolute Gasteiger partial charge is 0.394 e. The monoisotopic (exact) mass is 485 g/mol. The number of carbonyl (C=O) groups excluding carboxylic acids is 3. The maximum absolute atomic E-state index is 14.1. The highest BCUT2D eigenvalue weighted by Crippen LogP contribution is 2.63. The Morgan fingerprint density at radius 1 is 1.17 bits per heavy atom. The number of fused-ring (bicyclic) bond motifs is 1. The fourth-order valence-corrected chi connectivity index (χ4v) is 6.49. The Balaban J connectivity index is 1.71. The van der Waals surface area contributed by atoms with Crippen LogP contribution in [-0.4, -0.2) is 63.7 Å². The van der Waals surface area contributed by atoms with E-state index in [4.69, 9.17) is 4.74 Å². The van der Waals surface area contributed by atoms with Crippen molar-refractivity contribution >= 4 is 17.7 Å². The van der Waals surface area contributed by atoms with Crippen LogP contribution in [-0.2, 0) is 25.7 Å². The minimum atomic E-state index is -1.08. The highest BCUT2D eigenvalue weighted by molar-refractivity contribution is 5.99. The zero-order chi connectivity index (χ0) is 25.5. The Hall–Kier alpha value is -2.45. The van der Waals surface area contributed by atoms with Crippen molar-refractivity contribution in [3.05, 3.63) is 35.9 Å². The van der Waals surface area contributed by atoms with Gasteiger partial charge < -0.3 is 25.4 Å². The van der Waals surface area contributed by atoms with E-state index in [0.717, 1.165) is 12.0 Å². The van der Waals surface area contributed by atoms with Crippen LogP contribution in [0.15, 0.2) is 30.3 Å². The summed E-state index contributed by atoms with van der Waals surface area (Å²) in [5.41, 5.74) is -0.940. The second kappa shape index (κ2) is 9.54. The van der Waals surface area contributed by atoms with Crippen molar-refractivity contribution in [3.8, 4) is 0 Å². The van der Waals surface area contributed by atoms with E-state index >= 15 is 0 Å². The first kappa shape index (κ1) is 25.6. The lowest BCUT2D eigenvalue weighted by Crippen LogP contribution is -2.59. The van der Waals surface area contributed by atoms with Crippen LogP contribution in [0, 0.1) is 17.8 Å². The molecule has 35 heavy (non-hydrogen) atoms. The standard InChI is InChI=1S/C27H39N3O5/c1-6-17(4)19(15-31)30-22(24(33)29-16(2)3)27-13-12-26(5,35-27)20(21(27)25(30)34)23(32)28-14-18-10-8-7-9-11-18/h7-11,16-17,19-22,31H,6,12-15H2,1-5H3,(H,28,32)(H,29,33)/t17-,19-,20-,21-,22?,26+,27?/m0/s1. The molecular formula is C27H39N3O5. The van der Waals surface area contributed by atoms with E-state index in [1.165, 1.54) is 0 Å². The minimum absolute atomic E-state index is 0.0216.